The molecule has 0 saturated heterocycles. The molecule has 0 saturated carbocycles. The van der Waals surface area contributed by atoms with Crippen molar-refractivity contribution in [2.24, 2.45) is 0 Å². The Bertz CT molecular complexity index is 274. The van der Waals surface area contributed by atoms with Crippen LogP contribution in [-0.4, -0.2) is 21.7 Å². The van der Waals surface area contributed by atoms with Crippen molar-refractivity contribution in [1.82, 2.24) is 4.90 Å². The van der Waals surface area contributed by atoms with Crippen molar-refractivity contribution >= 4 is 0 Å². The molecule has 0 aliphatic carbocycles. The van der Waals surface area contributed by atoms with Gasteiger partial charge in [-0.3, -0.25) is 0 Å². The molecule has 0 radical (unpaired) electrons. The van der Waals surface area contributed by atoms with Crippen molar-refractivity contribution in [1.29, 1.82) is 0 Å². The molecule has 0 aromatic heterocycles. The van der Waals surface area contributed by atoms with Crippen LogP contribution >= 0.6 is 0 Å². The van der Waals surface area contributed by atoms with Crippen molar-refractivity contribution in [3.05, 3.63) is 23.9 Å². The molecule has 0 bridgehead atoms. The highest BCUT2D eigenvalue weighted by Crippen LogP contribution is 2.11. The zero-order valence-corrected chi connectivity index (χ0v) is 14.3. The van der Waals surface area contributed by atoms with Gasteiger partial charge in [0.1, 0.15) is 11.5 Å². The Labute approximate surface area is 131 Å². The summed E-state index contributed by atoms with van der Waals surface area (Å²) < 4.78 is 0. The fourth-order valence-electron chi connectivity index (χ4n) is 2.12. The van der Waals surface area contributed by atoms with Gasteiger partial charge in [-0.1, -0.05) is 52.9 Å². The number of allylic oxidation sites excluding steroid dienone is 2. The summed E-state index contributed by atoms with van der Waals surface area (Å²) in [5.74, 6) is 0.818. The Balaban J connectivity index is 4.51. The molecule has 0 atom stereocenters. The largest absolute Gasteiger partial charge is 0.511 e. The van der Waals surface area contributed by atoms with Crippen molar-refractivity contribution in [2.45, 2.75) is 85.0 Å². The SMILES string of the molecule is CCCCCCN(C=C(O)CCCC)C=C(O)CCCC. The molecule has 0 rings (SSSR count). The summed E-state index contributed by atoms with van der Waals surface area (Å²) in [6, 6.07) is 0. The number of unbranched alkanes of at least 4 members (excludes halogenated alkanes) is 5. The first-order valence-electron chi connectivity index (χ1n) is 8.69. The van der Waals surface area contributed by atoms with Gasteiger partial charge < -0.3 is 15.1 Å². The minimum atomic E-state index is 0.409. The summed E-state index contributed by atoms with van der Waals surface area (Å²) in [5.41, 5.74) is 0. The van der Waals surface area contributed by atoms with E-state index in [2.05, 4.69) is 20.8 Å². The molecule has 0 heterocycles. The fourth-order valence-corrected chi connectivity index (χ4v) is 2.12. The minimum absolute atomic E-state index is 0.409. The average Bonchev–Trinajstić information content (AvgIpc) is 2.47. The topological polar surface area (TPSA) is 43.7 Å². The molecule has 3 heteroatoms. The van der Waals surface area contributed by atoms with Crippen LogP contribution in [0.2, 0.25) is 0 Å². The van der Waals surface area contributed by atoms with E-state index < -0.39 is 0 Å². The van der Waals surface area contributed by atoms with E-state index in [-0.39, 0.29) is 0 Å². The molecule has 0 spiro atoms. The maximum Gasteiger partial charge on any atom is 0.108 e. The van der Waals surface area contributed by atoms with E-state index in [9.17, 15) is 10.2 Å². The van der Waals surface area contributed by atoms with Gasteiger partial charge in [0.05, 0.1) is 0 Å². The van der Waals surface area contributed by atoms with E-state index in [1.54, 1.807) is 12.4 Å². The average molecular weight is 297 g/mol. The second-order valence-corrected chi connectivity index (χ2v) is 5.75. The van der Waals surface area contributed by atoms with Gasteiger partial charge >= 0.3 is 0 Å². The highest BCUT2D eigenvalue weighted by Gasteiger charge is 2.02. The normalized spacial score (nSPS) is 12.7. The van der Waals surface area contributed by atoms with Crippen LogP contribution in [-0.2, 0) is 0 Å². The number of hydrogen-bond acceptors (Lipinski definition) is 3. The molecule has 0 unspecified atom stereocenters. The molecular weight excluding hydrogens is 262 g/mol. The van der Waals surface area contributed by atoms with E-state index in [1.807, 2.05) is 4.90 Å². The molecule has 0 aliphatic rings. The molecule has 0 amide bonds. The number of aliphatic hydroxyl groups is 2. The van der Waals surface area contributed by atoms with Crippen LogP contribution in [0, 0.1) is 0 Å². The van der Waals surface area contributed by atoms with Gasteiger partial charge in [0.2, 0.25) is 0 Å². The summed E-state index contributed by atoms with van der Waals surface area (Å²) in [6.07, 6.45) is 13.9. The Morgan fingerprint density at radius 2 is 1.19 bits per heavy atom. The number of aliphatic hydroxyl groups excluding tert-OH is 2. The van der Waals surface area contributed by atoms with Crippen molar-refractivity contribution in [2.75, 3.05) is 6.54 Å². The molecule has 0 aliphatic heterocycles. The Hall–Kier alpha value is -1.12. The van der Waals surface area contributed by atoms with E-state index in [0.29, 0.717) is 24.4 Å². The monoisotopic (exact) mass is 297 g/mol. The van der Waals surface area contributed by atoms with E-state index in [0.717, 1.165) is 38.6 Å². The third-order valence-electron chi connectivity index (χ3n) is 3.47. The second kappa shape index (κ2) is 13.8. The maximum atomic E-state index is 9.95. The quantitative estimate of drug-likeness (QED) is 0.321. The summed E-state index contributed by atoms with van der Waals surface area (Å²) in [5, 5.41) is 19.9. The van der Waals surface area contributed by atoms with E-state index in [4.69, 9.17) is 0 Å². The lowest BCUT2D eigenvalue weighted by atomic mass is 10.2. The van der Waals surface area contributed by atoms with E-state index in [1.165, 1.54) is 19.3 Å². The Morgan fingerprint density at radius 3 is 1.62 bits per heavy atom. The number of nitrogens with zero attached hydrogens (tertiary/aromatic N) is 1. The highest BCUT2D eigenvalue weighted by molar-refractivity contribution is 4.99. The zero-order chi connectivity index (χ0) is 15.9. The second-order valence-electron chi connectivity index (χ2n) is 5.75. The molecule has 0 aromatic rings. The summed E-state index contributed by atoms with van der Waals surface area (Å²) in [7, 11) is 0. The summed E-state index contributed by atoms with van der Waals surface area (Å²) in [4.78, 5) is 1.95. The minimum Gasteiger partial charge on any atom is -0.511 e. The summed E-state index contributed by atoms with van der Waals surface area (Å²) in [6.45, 7) is 7.29. The Kier molecular flexibility index (Phi) is 13.1. The lowest BCUT2D eigenvalue weighted by Gasteiger charge is -2.17. The van der Waals surface area contributed by atoms with Crippen molar-refractivity contribution < 1.29 is 10.2 Å². The van der Waals surface area contributed by atoms with Crippen LogP contribution < -0.4 is 0 Å². The lowest BCUT2D eigenvalue weighted by molar-refractivity contribution is 0.336. The number of rotatable bonds is 13. The predicted octanol–water partition coefficient (Wildman–Crippen LogP) is 6.05. The summed E-state index contributed by atoms with van der Waals surface area (Å²) >= 11 is 0. The van der Waals surface area contributed by atoms with Crippen molar-refractivity contribution in [3.8, 4) is 0 Å². The smallest absolute Gasteiger partial charge is 0.108 e. The molecule has 3 nitrogen and oxygen atoms in total. The number of hydrogen-bond donors (Lipinski definition) is 2. The van der Waals surface area contributed by atoms with Gasteiger partial charge in [-0.2, -0.15) is 0 Å². The van der Waals surface area contributed by atoms with Gasteiger partial charge in [0, 0.05) is 31.8 Å². The zero-order valence-electron chi connectivity index (χ0n) is 14.3. The molecule has 124 valence electrons. The van der Waals surface area contributed by atoms with Gasteiger partial charge in [-0.25, -0.2) is 0 Å². The van der Waals surface area contributed by atoms with Crippen LogP contribution in [0.15, 0.2) is 23.9 Å². The standard InChI is InChI=1S/C18H35NO2/c1-4-7-10-11-14-19(15-17(20)12-8-5-2)16-18(21)13-9-6-3/h15-16,20-21H,4-14H2,1-3H3. The van der Waals surface area contributed by atoms with Gasteiger partial charge in [0.15, 0.2) is 0 Å². The van der Waals surface area contributed by atoms with Gasteiger partial charge in [-0.05, 0) is 19.3 Å². The first-order chi connectivity index (χ1) is 10.1. The van der Waals surface area contributed by atoms with Crippen LogP contribution in [0.3, 0.4) is 0 Å². The predicted molar refractivity (Wildman–Crippen MR) is 91.3 cm³/mol. The molecule has 2 N–H and O–H groups in total. The lowest BCUT2D eigenvalue weighted by Crippen LogP contribution is -2.14. The fraction of sp³-hybridized carbons (Fsp3) is 0.778. The van der Waals surface area contributed by atoms with Crippen LogP contribution in [0.25, 0.3) is 0 Å². The third-order valence-corrected chi connectivity index (χ3v) is 3.47. The first-order valence-corrected chi connectivity index (χ1v) is 8.69. The van der Waals surface area contributed by atoms with Crippen LogP contribution in [0.4, 0.5) is 0 Å². The molecule has 21 heavy (non-hydrogen) atoms. The molecule has 0 fully saturated rings. The van der Waals surface area contributed by atoms with Crippen LogP contribution in [0.1, 0.15) is 85.0 Å². The molecular formula is C18H35NO2. The highest BCUT2D eigenvalue weighted by atomic mass is 16.3. The van der Waals surface area contributed by atoms with Gasteiger partial charge in [-0.15, -0.1) is 0 Å². The van der Waals surface area contributed by atoms with E-state index >= 15 is 0 Å². The van der Waals surface area contributed by atoms with Crippen molar-refractivity contribution in [3.63, 3.8) is 0 Å². The van der Waals surface area contributed by atoms with Gasteiger partial charge in [0.25, 0.3) is 0 Å². The molecule has 0 aromatic carbocycles. The first kappa shape index (κ1) is 19.9. The van der Waals surface area contributed by atoms with Crippen LogP contribution in [0.5, 0.6) is 0 Å². The third kappa shape index (κ3) is 12.3. The maximum absolute atomic E-state index is 9.95. The Morgan fingerprint density at radius 1 is 0.714 bits per heavy atom.